The number of fused-ring (bicyclic) bond motifs is 2. The topological polar surface area (TPSA) is 69.6 Å². The van der Waals surface area contributed by atoms with Gasteiger partial charge in [-0.1, -0.05) is 18.2 Å². The Morgan fingerprint density at radius 2 is 2.33 bits per heavy atom. The third-order valence-electron chi connectivity index (χ3n) is 5.41. The SMILES string of the molecule is C[C@H](CO)NC(=O)[C@H]1C=C2c3cccc4[nH]cc(c34)C[C@H]2[NH+](C)C1. The van der Waals surface area contributed by atoms with Crippen molar-refractivity contribution < 1.29 is 14.8 Å². The molecule has 2 aromatic rings. The van der Waals surface area contributed by atoms with Crippen molar-refractivity contribution in [2.45, 2.75) is 25.4 Å². The van der Waals surface area contributed by atoms with Gasteiger partial charge in [0.25, 0.3) is 0 Å². The molecule has 0 fully saturated rings. The standard InChI is InChI=1S/C19H23N3O2/c1-11(10-23)21-19(24)13-6-15-14-4-3-5-16-18(14)12(8-20-16)7-17(15)22(2)9-13/h3-6,8,11,13,17,20,23H,7,9-10H2,1-2H3,(H,21,24)/p+1/t11-,13+,17-/m1/s1. The highest BCUT2D eigenvalue weighted by Gasteiger charge is 2.38. The number of nitrogens with one attached hydrogen (secondary N) is 3. The second-order valence-corrected chi connectivity index (χ2v) is 7.17. The lowest BCUT2D eigenvalue weighted by molar-refractivity contribution is -0.900. The van der Waals surface area contributed by atoms with Crippen molar-refractivity contribution in [3.05, 3.63) is 41.6 Å². The van der Waals surface area contributed by atoms with Crippen molar-refractivity contribution in [2.75, 3.05) is 20.2 Å². The molecule has 126 valence electrons. The van der Waals surface area contributed by atoms with Crippen LogP contribution in [0.4, 0.5) is 0 Å². The van der Waals surface area contributed by atoms with Crippen LogP contribution in [0.3, 0.4) is 0 Å². The zero-order chi connectivity index (χ0) is 16.8. The van der Waals surface area contributed by atoms with Crippen molar-refractivity contribution in [2.24, 2.45) is 5.92 Å². The molecule has 4 rings (SSSR count). The summed E-state index contributed by atoms with van der Waals surface area (Å²) < 4.78 is 0. The molecule has 1 aromatic carbocycles. The first-order valence-electron chi connectivity index (χ1n) is 8.63. The second-order valence-electron chi connectivity index (χ2n) is 7.17. The van der Waals surface area contributed by atoms with Crippen molar-refractivity contribution in [1.29, 1.82) is 0 Å². The van der Waals surface area contributed by atoms with E-state index in [0.29, 0.717) is 6.04 Å². The fourth-order valence-electron chi connectivity index (χ4n) is 4.15. The molecule has 5 nitrogen and oxygen atoms in total. The maximum atomic E-state index is 12.5. The van der Waals surface area contributed by atoms with E-state index in [0.717, 1.165) is 13.0 Å². The number of hydrogen-bond acceptors (Lipinski definition) is 2. The monoisotopic (exact) mass is 326 g/mol. The van der Waals surface area contributed by atoms with E-state index in [9.17, 15) is 4.79 Å². The quantitative estimate of drug-likeness (QED) is 0.647. The molecule has 0 radical (unpaired) electrons. The Morgan fingerprint density at radius 1 is 1.50 bits per heavy atom. The zero-order valence-electron chi connectivity index (χ0n) is 14.1. The van der Waals surface area contributed by atoms with E-state index in [4.69, 9.17) is 5.11 Å². The normalized spacial score (nSPS) is 26.6. The summed E-state index contributed by atoms with van der Waals surface area (Å²) in [6.07, 6.45) is 5.29. The van der Waals surface area contributed by atoms with Gasteiger partial charge in [0, 0.05) is 35.1 Å². The maximum Gasteiger partial charge on any atom is 0.232 e. The minimum Gasteiger partial charge on any atom is -0.394 e. The maximum absolute atomic E-state index is 12.5. The molecule has 2 aliphatic rings. The molecule has 5 heteroatoms. The summed E-state index contributed by atoms with van der Waals surface area (Å²) in [5.41, 5.74) is 5.08. The number of aromatic amines is 1. The summed E-state index contributed by atoms with van der Waals surface area (Å²) in [7, 11) is 2.17. The van der Waals surface area contributed by atoms with Crippen LogP contribution in [0.2, 0.25) is 0 Å². The van der Waals surface area contributed by atoms with Gasteiger partial charge >= 0.3 is 0 Å². The molecule has 2 heterocycles. The van der Waals surface area contributed by atoms with Gasteiger partial charge in [-0.2, -0.15) is 0 Å². The fourth-order valence-corrected chi connectivity index (χ4v) is 4.15. The predicted molar refractivity (Wildman–Crippen MR) is 93.7 cm³/mol. The van der Waals surface area contributed by atoms with Crippen LogP contribution in [0.5, 0.6) is 0 Å². The Balaban J connectivity index is 1.75. The number of benzene rings is 1. The van der Waals surface area contributed by atoms with Crippen molar-refractivity contribution >= 4 is 22.4 Å². The van der Waals surface area contributed by atoms with E-state index in [1.807, 2.05) is 6.92 Å². The summed E-state index contributed by atoms with van der Waals surface area (Å²) in [5, 5.41) is 13.4. The number of H-pyrrole nitrogens is 1. The Labute approximate surface area is 141 Å². The number of likely N-dealkylation sites (N-methyl/N-ethyl adjacent to an activating group) is 1. The number of quaternary nitrogens is 1. The lowest BCUT2D eigenvalue weighted by Gasteiger charge is -2.36. The van der Waals surface area contributed by atoms with E-state index in [-0.39, 0.29) is 24.5 Å². The van der Waals surface area contributed by atoms with Crippen LogP contribution in [0, 0.1) is 5.92 Å². The lowest BCUT2D eigenvalue weighted by Crippen LogP contribution is -3.15. The van der Waals surface area contributed by atoms with E-state index in [1.165, 1.54) is 32.5 Å². The van der Waals surface area contributed by atoms with Crippen LogP contribution in [-0.4, -0.2) is 48.3 Å². The first-order chi connectivity index (χ1) is 11.6. The molecule has 1 aliphatic heterocycles. The van der Waals surface area contributed by atoms with E-state index in [1.54, 1.807) is 0 Å². The second kappa shape index (κ2) is 5.76. The molecule has 1 amide bonds. The zero-order valence-corrected chi connectivity index (χ0v) is 14.1. The molecule has 1 unspecified atom stereocenters. The largest absolute Gasteiger partial charge is 0.394 e. The van der Waals surface area contributed by atoms with Gasteiger partial charge in [0.1, 0.15) is 12.0 Å². The molecular formula is C19H24N3O2+. The first kappa shape index (κ1) is 15.4. The fraction of sp³-hybridized carbons (Fsp3) is 0.421. The molecule has 1 aliphatic carbocycles. The molecule has 24 heavy (non-hydrogen) atoms. The smallest absolute Gasteiger partial charge is 0.232 e. The van der Waals surface area contributed by atoms with Gasteiger partial charge in [0.05, 0.1) is 20.2 Å². The third-order valence-corrected chi connectivity index (χ3v) is 5.41. The van der Waals surface area contributed by atoms with Gasteiger partial charge < -0.3 is 20.3 Å². The van der Waals surface area contributed by atoms with Crippen LogP contribution in [-0.2, 0) is 11.2 Å². The number of aromatic nitrogens is 1. The molecule has 1 aromatic heterocycles. The van der Waals surface area contributed by atoms with Crippen LogP contribution in [0.15, 0.2) is 30.5 Å². The molecule has 0 bridgehead atoms. The van der Waals surface area contributed by atoms with Crippen LogP contribution in [0.25, 0.3) is 16.5 Å². The molecular weight excluding hydrogens is 302 g/mol. The Kier molecular flexibility index (Phi) is 3.70. The number of aliphatic hydroxyl groups is 1. The van der Waals surface area contributed by atoms with Crippen molar-refractivity contribution in [3.8, 4) is 0 Å². The van der Waals surface area contributed by atoms with E-state index < -0.39 is 0 Å². The van der Waals surface area contributed by atoms with Gasteiger partial charge in [0.15, 0.2) is 0 Å². The number of carbonyl (C=O) groups excluding carboxylic acids is 1. The molecule has 0 spiro atoms. The van der Waals surface area contributed by atoms with Crippen LogP contribution >= 0.6 is 0 Å². The van der Waals surface area contributed by atoms with E-state index in [2.05, 4.69) is 47.8 Å². The average molecular weight is 326 g/mol. The Morgan fingerprint density at radius 3 is 3.12 bits per heavy atom. The van der Waals surface area contributed by atoms with Crippen molar-refractivity contribution in [3.63, 3.8) is 0 Å². The summed E-state index contributed by atoms with van der Waals surface area (Å²) in [4.78, 5) is 17.3. The summed E-state index contributed by atoms with van der Waals surface area (Å²) in [6.45, 7) is 2.57. The third kappa shape index (κ3) is 2.36. The first-order valence-corrected chi connectivity index (χ1v) is 8.63. The summed E-state index contributed by atoms with van der Waals surface area (Å²) in [5.74, 6) is -0.144. The van der Waals surface area contributed by atoms with Crippen molar-refractivity contribution in [1.82, 2.24) is 10.3 Å². The molecule has 4 atom stereocenters. The van der Waals surface area contributed by atoms with Gasteiger partial charge in [-0.05, 0) is 24.1 Å². The van der Waals surface area contributed by atoms with Gasteiger partial charge in [-0.15, -0.1) is 0 Å². The van der Waals surface area contributed by atoms with Gasteiger partial charge in [0.2, 0.25) is 5.91 Å². The number of hydrogen-bond donors (Lipinski definition) is 4. The minimum atomic E-state index is -0.208. The average Bonchev–Trinajstić information content (AvgIpc) is 3.00. The minimum absolute atomic E-state index is 0.00823. The number of amides is 1. The summed E-state index contributed by atoms with van der Waals surface area (Å²) >= 11 is 0. The highest BCUT2D eigenvalue weighted by atomic mass is 16.3. The van der Waals surface area contributed by atoms with Gasteiger partial charge in [-0.3, -0.25) is 4.79 Å². The van der Waals surface area contributed by atoms with E-state index >= 15 is 0 Å². The number of aliphatic hydroxyl groups excluding tert-OH is 1. The lowest BCUT2D eigenvalue weighted by atomic mass is 9.80. The Hall–Kier alpha value is -2.11. The molecule has 0 saturated carbocycles. The predicted octanol–water partition coefficient (Wildman–Crippen LogP) is 0.118. The highest BCUT2D eigenvalue weighted by Crippen LogP contribution is 2.37. The molecule has 4 N–H and O–H groups in total. The summed E-state index contributed by atoms with van der Waals surface area (Å²) in [6, 6.07) is 6.55. The highest BCUT2D eigenvalue weighted by molar-refractivity contribution is 5.98. The molecule has 0 saturated heterocycles. The van der Waals surface area contributed by atoms with Crippen LogP contribution in [0.1, 0.15) is 18.1 Å². The Bertz CT molecular complexity index is 823. The number of rotatable bonds is 3. The van der Waals surface area contributed by atoms with Crippen LogP contribution < -0.4 is 10.2 Å². The van der Waals surface area contributed by atoms with Gasteiger partial charge in [-0.25, -0.2) is 0 Å². The number of carbonyl (C=O) groups is 1.